The van der Waals surface area contributed by atoms with Crippen LogP contribution in [-0.4, -0.2) is 12.1 Å². The van der Waals surface area contributed by atoms with Gasteiger partial charge in [0, 0.05) is 6.42 Å². The summed E-state index contributed by atoms with van der Waals surface area (Å²) in [6.45, 7) is 6.27. The fourth-order valence-electron chi connectivity index (χ4n) is 2.71. The summed E-state index contributed by atoms with van der Waals surface area (Å²) < 4.78 is 5.27. The predicted octanol–water partition coefficient (Wildman–Crippen LogP) is 7.37. The van der Waals surface area contributed by atoms with Gasteiger partial charge in [-0.1, -0.05) is 77.4 Å². The van der Waals surface area contributed by atoms with Crippen LogP contribution in [0.3, 0.4) is 0 Å². The van der Waals surface area contributed by atoms with Gasteiger partial charge in [-0.3, -0.25) is 4.79 Å². The van der Waals surface area contributed by atoms with E-state index in [4.69, 9.17) is 4.74 Å². The van der Waals surface area contributed by atoms with Crippen LogP contribution in [0.5, 0.6) is 0 Å². The number of carbonyl (C=O) groups is 1. The zero-order valence-corrected chi connectivity index (χ0v) is 16.7. The second-order valence-electron chi connectivity index (χ2n) is 7.04. The van der Waals surface area contributed by atoms with Crippen molar-refractivity contribution in [3.05, 3.63) is 12.2 Å². The van der Waals surface area contributed by atoms with Crippen LogP contribution in [0, 0.1) is 0 Å². The van der Waals surface area contributed by atoms with E-state index in [1.54, 1.807) is 0 Å². The highest BCUT2D eigenvalue weighted by Gasteiger charge is 2.06. The smallest absolute Gasteiger partial charge is 0.306 e. The molecule has 0 N–H and O–H groups in total. The van der Waals surface area contributed by atoms with Crippen molar-refractivity contribution in [3.8, 4) is 0 Å². The maximum absolute atomic E-state index is 11.5. The van der Waals surface area contributed by atoms with Crippen molar-refractivity contribution in [2.24, 2.45) is 0 Å². The third-order valence-electron chi connectivity index (χ3n) is 4.55. The summed E-state index contributed by atoms with van der Waals surface area (Å²) in [5.41, 5.74) is 0. The zero-order chi connectivity index (χ0) is 17.9. The number of hydrogen-bond acceptors (Lipinski definition) is 2. The fourth-order valence-corrected chi connectivity index (χ4v) is 2.71. The lowest BCUT2D eigenvalue weighted by Crippen LogP contribution is -2.13. The maximum Gasteiger partial charge on any atom is 0.306 e. The number of ether oxygens (including phenoxy) is 1. The molecule has 0 saturated carbocycles. The van der Waals surface area contributed by atoms with Crippen LogP contribution in [0.1, 0.15) is 117 Å². The van der Waals surface area contributed by atoms with Crippen LogP contribution in [-0.2, 0) is 9.53 Å². The first kappa shape index (κ1) is 23.2. The number of carbonyl (C=O) groups excluding carboxylic acids is 1. The molecule has 1 atom stereocenters. The van der Waals surface area contributed by atoms with E-state index in [9.17, 15) is 4.79 Å². The average Bonchev–Trinajstić information content (AvgIpc) is 2.58. The Morgan fingerprint density at radius 3 is 1.83 bits per heavy atom. The Labute approximate surface area is 151 Å². The normalized spacial score (nSPS) is 12.6. The lowest BCUT2D eigenvalue weighted by Gasteiger charge is -2.10. The molecule has 0 bridgehead atoms. The highest BCUT2D eigenvalue weighted by Crippen LogP contribution is 2.11. The van der Waals surface area contributed by atoms with E-state index in [-0.39, 0.29) is 12.1 Å². The number of rotatable bonds is 17. The first-order chi connectivity index (χ1) is 11.7. The van der Waals surface area contributed by atoms with E-state index in [1.807, 2.05) is 13.8 Å². The number of esters is 1. The summed E-state index contributed by atoms with van der Waals surface area (Å²) >= 11 is 0. The monoisotopic (exact) mass is 338 g/mol. The van der Waals surface area contributed by atoms with Crippen LogP contribution >= 0.6 is 0 Å². The minimum atomic E-state index is -0.0239. The molecule has 0 aromatic heterocycles. The molecule has 0 rings (SSSR count). The molecule has 1 unspecified atom stereocenters. The number of unbranched alkanes of at least 4 members (excludes halogenated alkanes) is 11. The van der Waals surface area contributed by atoms with Gasteiger partial charge >= 0.3 is 5.97 Å². The topological polar surface area (TPSA) is 26.3 Å². The lowest BCUT2D eigenvalue weighted by molar-refractivity contribution is -0.148. The molecule has 0 radical (unpaired) electrons. The summed E-state index contributed by atoms with van der Waals surface area (Å²) in [4.78, 5) is 11.5. The van der Waals surface area contributed by atoms with Crippen LogP contribution < -0.4 is 0 Å². The summed E-state index contributed by atoms with van der Waals surface area (Å²) in [6, 6.07) is 0. The van der Waals surface area contributed by atoms with Gasteiger partial charge in [0.2, 0.25) is 0 Å². The molecule has 0 aliphatic rings. The standard InChI is InChI=1S/C22H42O2/c1-4-6-7-8-9-10-11-12-13-14-15-16-17-18-19-20-22(23)24-21(3)5-2/h11-12,21H,4-10,13-20H2,1-3H3/b12-11+. The van der Waals surface area contributed by atoms with E-state index in [2.05, 4.69) is 19.1 Å². The second-order valence-corrected chi connectivity index (χ2v) is 7.04. The molecular formula is C22H42O2. The van der Waals surface area contributed by atoms with E-state index < -0.39 is 0 Å². The van der Waals surface area contributed by atoms with Gasteiger partial charge in [-0.2, -0.15) is 0 Å². The van der Waals surface area contributed by atoms with Gasteiger partial charge in [0.25, 0.3) is 0 Å². The molecular weight excluding hydrogens is 296 g/mol. The Morgan fingerprint density at radius 2 is 1.29 bits per heavy atom. The van der Waals surface area contributed by atoms with Crippen molar-refractivity contribution in [3.63, 3.8) is 0 Å². The third kappa shape index (κ3) is 17.6. The summed E-state index contributed by atoms with van der Waals surface area (Å²) in [5.74, 6) is -0.0239. The first-order valence-electron chi connectivity index (χ1n) is 10.5. The summed E-state index contributed by atoms with van der Waals surface area (Å²) in [5, 5.41) is 0. The van der Waals surface area contributed by atoms with Gasteiger partial charge in [-0.25, -0.2) is 0 Å². The Morgan fingerprint density at radius 1 is 0.792 bits per heavy atom. The molecule has 0 fully saturated rings. The Kier molecular flexibility index (Phi) is 17.9. The van der Waals surface area contributed by atoms with Gasteiger partial charge in [-0.15, -0.1) is 0 Å². The fraction of sp³-hybridized carbons (Fsp3) is 0.864. The Bertz CT molecular complexity index is 296. The third-order valence-corrected chi connectivity index (χ3v) is 4.55. The van der Waals surface area contributed by atoms with Crippen molar-refractivity contribution in [1.29, 1.82) is 0 Å². The molecule has 0 aromatic rings. The van der Waals surface area contributed by atoms with E-state index in [0.717, 1.165) is 19.3 Å². The molecule has 0 aliphatic carbocycles. The van der Waals surface area contributed by atoms with Crippen LogP contribution in [0.2, 0.25) is 0 Å². The van der Waals surface area contributed by atoms with Crippen LogP contribution in [0.4, 0.5) is 0 Å². The Balaban J connectivity index is 3.21. The molecule has 2 nitrogen and oxygen atoms in total. The highest BCUT2D eigenvalue weighted by atomic mass is 16.5. The quantitative estimate of drug-likeness (QED) is 0.157. The SMILES string of the molecule is CCCCCCC/C=C/CCCCCCCCC(=O)OC(C)CC. The van der Waals surface area contributed by atoms with Crippen LogP contribution in [0.15, 0.2) is 12.2 Å². The van der Waals surface area contributed by atoms with Crippen LogP contribution in [0.25, 0.3) is 0 Å². The van der Waals surface area contributed by atoms with Crippen molar-refractivity contribution < 1.29 is 9.53 Å². The van der Waals surface area contributed by atoms with Crippen molar-refractivity contribution in [2.45, 2.75) is 123 Å². The molecule has 0 aliphatic heterocycles. The zero-order valence-electron chi connectivity index (χ0n) is 16.7. The molecule has 0 aromatic carbocycles. The largest absolute Gasteiger partial charge is 0.463 e. The highest BCUT2D eigenvalue weighted by molar-refractivity contribution is 5.69. The predicted molar refractivity (Wildman–Crippen MR) is 105 cm³/mol. The average molecular weight is 339 g/mol. The molecule has 0 amide bonds. The van der Waals surface area contributed by atoms with Crippen molar-refractivity contribution in [1.82, 2.24) is 0 Å². The van der Waals surface area contributed by atoms with Gasteiger partial charge in [-0.05, 0) is 45.4 Å². The number of hydrogen-bond donors (Lipinski definition) is 0. The summed E-state index contributed by atoms with van der Waals surface area (Å²) in [7, 11) is 0. The van der Waals surface area contributed by atoms with Gasteiger partial charge in [0.05, 0.1) is 6.10 Å². The number of allylic oxidation sites excluding steroid dienone is 2. The lowest BCUT2D eigenvalue weighted by atomic mass is 10.1. The maximum atomic E-state index is 11.5. The minimum Gasteiger partial charge on any atom is -0.463 e. The molecule has 142 valence electrons. The molecule has 24 heavy (non-hydrogen) atoms. The summed E-state index contributed by atoms with van der Waals surface area (Å²) in [6.07, 6.45) is 23.0. The second kappa shape index (κ2) is 18.5. The molecule has 0 saturated heterocycles. The van der Waals surface area contributed by atoms with Crippen molar-refractivity contribution in [2.75, 3.05) is 0 Å². The van der Waals surface area contributed by atoms with Crippen molar-refractivity contribution >= 4 is 5.97 Å². The van der Waals surface area contributed by atoms with Gasteiger partial charge < -0.3 is 4.74 Å². The molecule has 0 spiro atoms. The van der Waals surface area contributed by atoms with E-state index in [1.165, 1.54) is 70.6 Å². The van der Waals surface area contributed by atoms with E-state index >= 15 is 0 Å². The van der Waals surface area contributed by atoms with Gasteiger partial charge in [0.1, 0.15) is 0 Å². The molecule has 0 heterocycles. The molecule has 2 heteroatoms. The van der Waals surface area contributed by atoms with Gasteiger partial charge in [0.15, 0.2) is 0 Å². The first-order valence-corrected chi connectivity index (χ1v) is 10.5. The van der Waals surface area contributed by atoms with E-state index in [0.29, 0.717) is 6.42 Å². The minimum absolute atomic E-state index is 0.0239. The Hall–Kier alpha value is -0.790.